The molecule has 0 radical (unpaired) electrons. The van der Waals surface area contributed by atoms with E-state index in [9.17, 15) is 9.18 Å². The number of halogens is 1. The van der Waals surface area contributed by atoms with Crippen molar-refractivity contribution in [3.05, 3.63) is 83.2 Å². The number of hydrogen-bond acceptors (Lipinski definition) is 6. The number of carbonyl (C=O) groups excluding carboxylic acids is 1. The number of benzene rings is 2. The molecule has 8 heteroatoms. The zero-order valence-corrected chi connectivity index (χ0v) is 16.2. The van der Waals surface area contributed by atoms with Crippen molar-refractivity contribution < 1.29 is 18.7 Å². The molecule has 0 bridgehead atoms. The van der Waals surface area contributed by atoms with Gasteiger partial charge in [0.15, 0.2) is 5.82 Å². The fourth-order valence-corrected chi connectivity index (χ4v) is 3.40. The average Bonchev–Trinajstić information content (AvgIpc) is 3.42. The lowest BCUT2D eigenvalue weighted by Gasteiger charge is -2.05. The topological polar surface area (TPSA) is 66.2 Å². The Labute approximate surface area is 170 Å². The van der Waals surface area contributed by atoms with Crippen molar-refractivity contribution in [2.75, 3.05) is 7.11 Å². The van der Waals surface area contributed by atoms with Crippen LogP contribution in [-0.2, 0) is 11.3 Å². The lowest BCUT2D eigenvalue weighted by Crippen LogP contribution is -2.08. The molecular formula is C21H16FN3O3S. The van der Waals surface area contributed by atoms with E-state index in [4.69, 9.17) is 9.47 Å². The van der Waals surface area contributed by atoms with Crippen molar-refractivity contribution >= 4 is 17.3 Å². The monoisotopic (exact) mass is 409 g/mol. The van der Waals surface area contributed by atoms with Crippen molar-refractivity contribution in [3.8, 4) is 22.1 Å². The fourth-order valence-electron chi connectivity index (χ4n) is 2.70. The van der Waals surface area contributed by atoms with Crippen LogP contribution in [0.15, 0.2) is 66.0 Å². The van der Waals surface area contributed by atoms with Crippen LogP contribution in [0, 0.1) is 5.82 Å². The quantitative estimate of drug-likeness (QED) is 0.439. The third-order valence-corrected chi connectivity index (χ3v) is 4.97. The minimum atomic E-state index is -0.647. The molecule has 0 unspecified atom stereocenters. The van der Waals surface area contributed by atoms with Crippen molar-refractivity contribution in [3.63, 3.8) is 0 Å². The third kappa shape index (κ3) is 4.17. The van der Waals surface area contributed by atoms with Gasteiger partial charge in [0.1, 0.15) is 18.2 Å². The van der Waals surface area contributed by atoms with Crippen LogP contribution in [0.4, 0.5) is 4.39 Å². The first-order valence-electron chi connectivity index (χ1n) is 8.71. The van der Waals surface area contributed by atoms with E-state index < -0.39 is 5.97 Å². The van der Waals surface area contributed by atoms with Crippen molar-refractivity contribution in [2.24, 2.45) is 0 Å². The number of rotatable bonds is 6. The molecule has 0 saturated heterocycles. The van der Waals surface area contributed by atoms with Gasteiger partial charge in [0.2, 0.25) is 0 Å². The van der Waals surface area contributed by atoms with Gasteiger partial charge in [-0.1, -0.05) is 18.2 Å². The molecule has 4 rings (SSSR count). The van der Waals surface area contributed by atoms with Crippen LogP contribution in [0.5, 0.6) is 5.75 Å². The highest BCUT2D eigenvalue weighted by molar-refractivity contribution is 7.13. The van der Waals surface area contributed by atoms with Gasteiger partial charge in [0.25, 0.3) is 5.82 Å². The maximum absolute atomic E-state index is 13.3. The van der Waals surface area contributed by atoms with E-state index >= 15 is 0 Å². The second-order valence-corrected chi connectivity index (χ2v) is 7.00. The van der Waals surface area contributed by atoms with Crippen LogP contribution in [-0.4, -0.2) is 27.8 Å². The molecule has 0 aliphatic rings. The fraction of sp³-hybridized carbons (Fsp3) is 0.0952. The number of methoxy groups -OCH3 is 1. The molecule has 146 valence electrons. The summed E-state index contributed by atoms with van der Waals surface area (Å²) in [5, 5.41) is 6.21. The van der Waals surface area contributed by atoms with E-state index in [0.29, 0.717) is 17.3 Å². The second-order valence-electron chi connectivity index (χ2n) is 6.05. The summed E-state index contributed by atoms with van der Waals surface area (Å²) >= 11 is 1.46. The van der Waals surface area contributed by atoms with Gasteiger partial charge in [-0.2, -0.15) is 4.98 Å². The minimum absolute atomic E-state index is 0.0649. The molecule has 29 heavy (non-hydrogen) atoms. The molecule has 2 aromatic heterocycles. The number of carbonyl (C=O) groups is 1. The van der Waals surface area contributed by atoms with Gasteiger partial charge in [-0.25, -0.2) is 13.9 Å². The standard InChI is InChI=1S/C21H16FN3O3S/c1-27-17-5-2-4-14(12-17)13-28-21(26)19-23-20(18-6-3-11-29-18)25(24-19)16-9-7-15(22)8-10-16/h2-12H,13H2,1H3. The van der Waals surface area contributed by atoms with Crippen LogP contribution in [0.3, 0.4) is 0 Å². The predicted molar refractivity (Wildman–Crippen MR) is 107 cm³/mol. The number of thiophene rings is 1. The lowest BCUT2D eigenvalue weighted by molar-refractivity contribution is 0.0458. The smallest absolute Gasteiger partial charge is 0.378 e. The molecule has 0 spiro atoms. The highest BCUT2D eigenvalue weighted by atomic mass is 32.1. The van der Waals surface area contributed by atoms with Gasteiger partial charge in [-0.15, -0.1) is 16.4 Å². The first-order valence-corrected chi connectivity index (χ1v) is 9.59. The first-order chi connectivity index (χ1) is 14.1. The molecule has 0 aliphatic carbocycles. The summed E-state index contributed by atoms with van der Waals surface area (Å²) in [5.41, 5.74) is 1.38. The third-order valence-electron chi connectivity index (χ3n) is 4.11. The molecule has 0 N–H and O–H groups in total. The number of hydrogen-bond donors (Lipinski definition) is 0. The summed E-state index contributed by atoms with van der Waals surface area (Å²) in [5.74, 6) is 0.0914. The molecule has 6 nitrogen and oxygen atoms in total. The highest BCUT2D eigenvalue weighted by Gasteiger charge is 2.20. The SMILES string of the molecule is COc1cccc(COC(=O)c2nc(-c3cccs3)n(-c3ccc(F)cc3)n2)c1. The van der Waals surface area contributed by atoms with E-state index in [1.165, 1.54) is 28.2 Å². The van der Waals surface area contributed by atoms with Crippen molar-refractivity contribution in [2.45, 2.75) is 6.61 Å². The van der Waals surface area contributed by atoms with Gasteiger partial charge in [-0.05, 0) is 53.4 Å². The Morgan fingerprint density at radius 2 is 1.97 bits per heavy atom. The zero-order valence-electron chi connectivity index (χ0n) is 15.4. The van der Waals surface area contributed by atoms with Gasteiger partial charge < -0.3 is 9.47 Å². The van der Waals surface area contributed by atoms with Gasteiger partial charge in [0, 0.05) is 0 Å². The summed E-state index contributed by atoms with van der Waals surface area (Å²) in [7, 11) is 1.57. The maximum atomic E-state index is 13.3. The molecule has 0 saturated carbocycles. The molecular weight excluding hydrogens is 393 g/mol. The molecule has 0 atom stereocenters. The van der Waals surface area contributed by atoms with Crippen molar-refractivity contribution in [1.82, 2.24) is 14.8 Å². The number of ether oxygens (including phenoxy) is 2. The van der Waals surface area contributed by atoms with E-state index in [1.807, 2.05) is 35.7 Å². The molecule has 2 aromatic carbocycles. The van der Waals surface area contributed by atoms with E-state index in [0.717, 1.165) is 10.4 Å². The molecule has 0 amide bonds. The Hall–Kier alpha value is -3.52. The van der Waals surface area contributed by atoms with Crippen LogP contribution in [0.25, 0.3) is 16.4 Å². The Bertz CT molecular complexity index is 1120. The number of esters is 1. The maximum Gasteiger partial charge on any atom is 0.378 e. The minimum Gasteiger partial charge on any atom is -0.497 e. The van der Waals surface area contributed by atoms with Crippen molar-refractivity contribution in [1.29, 1.82) is 0 Å². The second kappa shape index (κ2) is 8.24. The highest BCUT2D eigenvalue weighted by Crippen LogP contribution is 2.26. The van der Waals surface area contributed by atoms with E-state index in [2.05, 4.69) is 10.1 Å². The summed E-state index contributed by atoms with van der Waals surface area (Å²) in [4.78, 5) is 17.7. The van der Waals surface area contributed by atoms with Crippen LogP contribution >= 0.6 is 11.3 Å². The van der Waals surface area contributed by atoms with Crippen LogP contribution in [0.1, 0.15) is 16.2 Å². The van der Waals surface area contributed by atoms with Gasteiger partial charge >= 0.3 is 5.97 Å². The predicted octanol–water partition coefficient (Wildman–Crippen LogP) is 4.50. The normalized spacial score (nSPS) is 10.7. The Morgan fingerprint density at radius 3 is 2.69 bits per heavy atom. The first kappa shape index (κ1) is 18.8. The number of aromatic nitrogens is 3. The van der Waals surface area contributed by atoms with Crippen LogP contribution in [0.2, 0.25) is 0 Å². The Kier molecular flexibility index (Phi) is 5.35. The Balaban J connectivity index is 1.61. The molecule has 2 heterocycles. The lowest BCUT2D eigenvalue weighted by atomic mass is 10.2. The summed E-state index contributed by atoms with van der Waals surface area (Å²) in [6, 6.07) is 16.8. The van der Waals surface area contributed by atoms with Crippen LogP contribution < -0.4 is 4.74 Å². The average molecular weight is 409 g/mol. The summed E-state index contributed by atoms with van der Waals surface area (Å²) < 4.78 is 25.3. The largest absolute Gasteiger partial charge is 0.497 e. The summed E-state index contributed by atoms with van der Waals surface area (Å²) in [6.07, 6.45) is 0. The zero-order chi connectivity index (χ0) is 20.2. The molecule has 4 aromatic rings. The Morgan fingerprint density at radius 1 is 1.14 bits per heavy atom. The van der Waals surface area contributed by atoms with Gasteiger partial charge in [-0.3, -0.25) is 0 Å². The number of nitrogens with zero attached hydrogens (tertiary/aromatic N) is 3. The molecule has 0 aliphatic heterocycles. The van der Waals surface area contributed by atoms with E-state index in [1.54, 1.807) is 25.3 Å². The van der Waals surface area contributed by atoms with E-state index in [-0.39, 0.29) is 18.2 Å². The molecule has 0 fully saturated rings. The van der Waals surface area contributed by atoms with Gasteiger partial charge in [0.05, 0.1) is 17.7 Å². The summed E-state index contributed by atoms with van der Waals surface area (Å²) in [6.45, 7) is 0.0649.